The number of carbonyl (C=O) groups excluding carboxylic acids is 2. The molecule has 1 amide bonds. The highest BCUT2D eigenvalue weighted by atomic mass is 16.5. The van der Waals surface area contributed by atoms with E-state index in [0.29, 0.717) is 6.42 Å². The molecule has 5 nitrogen and oxygen atoms in total. The van der Waals surface area contributed by atoms with Crippen molar-refractivity contribution in [1.29, 1.82) is 0 Å². The summed E-state index contributed by atoms with van der Waals surface area (Å²) < 4.78 is 5.03. The molecule has 0 fully saturated rings. The van der Waals surface area contributed by atoms with Crippen LogP contribution in [0.3, 0.4) is 0 Å². The van der Waals surface area contributed by atoms with Gasteiger partial charge in [0.2, 0.25) is 5.91 Å². The molecule has 0 heterocycles. The van der Waals surface area contributed by atoms with Gasteiger partial charge in [-0.1, -0.05) is 50.6 Å². The summed E-state index contributed by atoms with van der Waals surface area (Å²) >= 11 is 0. The van der Waals surface area contributed by atoms with E-state index in [-0.39, 0.29) is 18.4 Å². The van der Waals surface area contributed by atoms with Crippen LogP contribution in [0.1, 0.15) is 32.8 Å². The van der Waals surface area contributed by atoms with Gasteiger partial charge in [0.1, 0.15) is 6.04 Å². The summed E-state index contributed by atoms with van der Waals surface area (Å²) in [5.41, 5.74) is 6.94. The van der Waals surface area contributed by atoms with E-state index in [1.807, 2.05) is 44.2 Å². The molecule has 0 radical (unpaired) electrons. The van der Waals surface area contributed by atoms with Crippen molar-refractivity contribution in [2.24, 2.45) is 11.7 Å². The molecule has 1 aromatic carbocycles. The second-order valence-corrected chi connectivity index (χ2v) is 5.42. The number of nitrogens with one attached hydrogen (secondary N) is 1. The first-order valence-corrected chi connectivity index (χ1v) is 7.76. The van der Waals surface area contributed by atoms with Crippen molar-refractivity contribution in [3.05, 3.63) is 35.9 Å². The minimum Gasteiger partial charge on any atom is -0.464 e. The fourth-order valence-corrected chi connectivity index (χ4v) is 2.12. The van der Waals surface area contributed by atoms with Crippen molar-refractivity contribution in [2.75, 3.05) is 6.61 Å². The van der Waals surface area contributed by atoms with Gasteiger partial charge in [0, 0.05) is 0 Å². The highest BCUT2D eigenvalue weighted by Gasteiger charge is 2.28. The molecule has 5 heteroatoms. The Balaban J connectivity index is 2.67. The Kier molecular flexibility index (Phi) is 7.60. The number of ether oxygens (including phenoxy) is 1. The van der Waals surface area contributed by atoms with Crippen molar-refractivity contribution < 1.29 is 14.3 Å². The number of hydrogen-bond acceptors (Lipinski definition) is 4. The molecule has 22 heavy (non-hydrogen) atoms. The molecule has 0 saturated carbocycles. The first kappa shape index (κ1) is 18.2. The molecule has 0 bridgehead atoms. The topological polar surface area (TPSA) is 81.4 Å². The lowest BCUT2D eigenvalue weighted by Gasteiger charge is -2.24. The van der Waals surface area contributed by atoms with Crippen LogP contribution in [-0.2, 0) is 20.7 Å². The maximum atomic E-state index is 12.2. The van der Waals surface area contributed by atoms with Crippen LogP contribution < -0.4 is 11.1 Å². The lowest BCUT2D eigenvalue weighted by molar-refractivity contribution is -0.149. The average Bonchev–Trinajstić information content (AvgIpc) is 2.52. The van der Waals surface area contributed by atoms with Gasteiger partial charge in [-0.25, -0.2) is 4.79 Å². The quantitative estimate of drug-likeness (QED) is 0.716. The monoisotopic (exact) mass is 306 g/mol. The molecule has 3 atom stereocenters. The van der Waals surface area contributed by atoms with Gasteiger partial charge in [-0.15, -0.1) is 0 Å². The van der Waals surface area contributed by atoms with Gasteiger partial charge in [0.05, 0.1) is 12.6 Å². The fourth-order valence-electron chi connectivity index (χ4n) is 2.12. The van der Waals surface area contributed by atoms with Crippen molar-refractivity contribution in [1.82, 2.24) is 5.32 Å². The Morgan fingerprint density at radius 2 is 1.86 bits per heavy atom. The molecule has 1 rings (SSSR count). The number of benzene rings is 1. The molecule has 0 spiro atoms. The molecular weight excluding hydrogens is 280 g/mol. The van der Waals surface area contributed by atoms with Gasteiger partial charge < -0.3 is 15.8 Å². The van der Waals surface area contributed by atoms with Gasteiger partial charge in [-0.3, -0.25) is 4.79 Å². The third kappa shape index (κ3) is 5.48. The van der Waals surface area contributed by atoms with Crippen molar-refractivity contribution >= 4 is 11.9 Å². The standard InChI is InChI=1S/C17H26N2O3/c1-4-12(3)15(17(21)22-5-2)19-16(20)14(18)11-13-9-7-6-8-10-13/h6-10,12,14-15H,4-5,11,18H2,1-3H3,(H,19,20)/t12-,14-,15-/m0/s1. The van der Waals surface area contributed by atoms with E-state index in [9.17, 15) is 9.59 Å². The Hall–Kier alpha value is -1.88. The van der Waals surface area contributed by atoms with E-state index in [2.05, 4.69) is 5.32 Å². The molecule has 0 aliphatic heterocycles. The summed E-state index contributed by atoms with van der Waals surface area (Å²) in [6, 6.07) is 8.22. The second-order valence-electron chi connectivity index (χ2n) is 5.42. The van der Waals surface area contributed by atoms with E-state index in [0.717, 1.165) is 12.0 Å². The SMILES string of the molecule is CCOC(=O)[C@@H](NC(=O)[C@@H](N)Cc1ccccc1)[C@@H](C)CC. The predicted molar refractivity (Wildman–Crippen MR) is 86.1 cm³/mol. The van der Waals surface area contributed by atoms with Crippen molar-refractivity contribution in [3.63, 3.8) is 0 Å². The first-order chi connectivity index (χ1) is 10.5. The normalized spacial score (nSPS) is 14.7. The van der Waals surface area contributed by atoms with Crippen LogP contribution in [0.4, 0.5) is 0 Å². The van der Waals surface area contributed by atoms with Crippen molar-refractivity contribution in [2.45, 2.75) is 45.7 Å². The van der Waals surface area contributed by atoms with Crippen LogP contribution in [0, 0.1) is 5.92 Å². The van der Waals surface area contributed by atoms with Crippen LogP contribution in [0.2, 0.25) is 0 Å². The summed E-state index contributed by atoms with van der Waals surface area (Å²) in [5.74, 6) is -0.744. The van der Waals surface area contributed by atoms with E-state index in [4.69, 9.17) is 10.5 Å². The number of rotatable bonds is 8. The lowest BCUT2D eigenvalue weighted by atomic mass is 9.98. The second kappa shape index (κ2) is 9.20. The lowest BCUT2D eigenvalue weighted by Crippen LogP contribution is -2.52. The zero-order valence-corrected chi connectivity index (χ0v) is 13.5. The molecule has 0 aliphatic carbocycles. The highest BCUT2D eigenvalue weighted by molar-refractivity contribution is 5.87. The number of esters is 1. The van der Waals surface area contributed by atoms with Gasteiger partial charge >= 0.3 is 5.97 Å². The average molecular weight is 306 g/mol. The maximum absolute atomic E-state index is 12.2. The molecular formula is C17H26N2O3. The Morgan fingerprint density at radius 1 is 1.23 bits per heavy atom. The summed E-state index contributed by atoms with van der Waals surface area (Å²) in [6.45, 7) is 5.91. The summed E-state index contributed by atoms with van der Waals surface area (Å²) in [5, 5.41) is 2.73. The molecule has 0 aromatic heterocycles. The van der Waals surface area contributed by atoms with E-state index in [1.165, 1.54) is 0 Å². The maximum Gasteiger partial charge on any atom is 0.328 e. The van der Waals surface area contributed by atoms with Crippen LogP contribution in [0.25, 0.3) is 0 Å². The molecule has 3 N–H and O–H groups in total. The zero-order chi connectivity index (χ0) is 16.5. The van der Waals surface area contributed by atoms with Gasteiger partial charge in [-0.05, 0) is 24.8 Å². The Bertz CT molecular complexity index is 476. The largest absolute Gasteiger partial charge is 0.464 e. The first-order valence-electron chi connectivity index (χ1n) is 7.76. The minimum absolute atomic E-state index is 0.00748. The molecule has 0 unspecified atom stereocenters. The van der Waals surface area contributed by atoms with Crippen LogP contribution in [-0.4, -0.2) is 30.6 Å². The van der Waals surface area contributed by atoms with Crippen LogP contribution in [0.5, 0.6) is 0 Å². The fraction of sp³-hybridized carbons (Fsp3) is 0.529. The third-order valence-corrected chi connectivity index (χ3v) is 3.69. The number of carbonyl (C=O) groups is 2. The summed E-state index contributed by atoms with van der Waals surface area (Å²) in [6.07, 6.45) is 1.19. The molecule has 0 aliphatic rings. The minimum atomic E-state index is -0.691. The highest BCUT2D eigenvalue weighted by Crippen LogP contribution is 2.10. The van der Waals surface area contributed by atoms with Crippen molar-refractivity contribution in [3.8, 4) is 0 Å². The summed E-state index contributed by atoms with van der Waals surface area (Å²) in [4.78, 5) is 24.2. The number of hydrogen-bond donors (Lipinski definition) is 2. The number of amides is 1. The van der Waals surface area contributed by atoms with Gasteiger partial charge in [0.15, 0.2) is 0 Å². The molecule has 1 aromatic rings. The predicted octanol–water partition coefficient (Wildman–Crippen LogP) is 1.65. The third-order valence-electron chi connectivity index (χ3n) is 3.69. The van der Waals surface area contributed by atoms with Crippen LogP contribution in [0.15, 0.2) is 30.3 Å². The van der Waals surface area contributed by atoms with E-state index >= 15 is 0 Å². The zero-order valence-electron chi connectivity index (χ0n) is 13.5. The Labute approximate surface area is 132 Å². The van der Waals surface area contributed by atoms with Crippen LogP contribution >= 0.6 is 0 Å². The van der Waals surface area contributed by atoms with E-state index < -0.39 is 18.1 Å². The van der Waals surface area contributed by atoms with Gasteiger partial charge in [-0.2, -0.15) is 0 Å². The van der Waals surface area contributed by atoms with E-state index in [1.54, 1.807) is 6.92 Å². The molecule has 122 valence electrons. The number of nitrogens with two attached hydrogens (primary N) is 1. The summed E-state index contributed by atoms with van der Waals surface area (Å²) in [7, 11) is 0. The van der Waals surface area contributed by atoms with Gasteiger partial charge in [0.25, 0.3) is 0 Å². The smallest absolute Gasteiger partial charge is 0.328 e. The molecule has 0 saturated heterocycles. The Morgan fingerprint density at radius 3 is 2.41 bits per heavy atom.